The van der Waals surface area contributed by atoms with Crippen molar-refractivity contribution in [3.63, 3.8) is 0 Å². The molecular formula is C14H24F4O2S. The van der Waals surface area contributed by atoms with E-state index in [0.29, 0.717) is 6.42 Å². The molecule has 1 unspecified atom stereocenters. The summed E-state index contributed by atoms with van der Waals surface area (Å²) < 4.78 is 54.7. The van der Waals surface area contributed by atoms with Gasteiger partial charge in [-0.3, -0.25) is 4.79 Å². The summed E-state index contributed by atoms with van der Waals surface area (Å²) in [4.78, 5) is 11.9. The van der Waals surface area contributed by atoms with Crippen molar-refractivity contribution in [2.24, 2.45) is 5.92 Å². The molecule has 7 heteroatoms. The highest BCUT2D eigenvalue weighted by Crippen LogP contribution is 2.30. The van der Waals surface area contributed by atoms with Crippen LogP contribution in [0.4, 0.5) is 17.6 Å². The predicted molar refractivity (Wildman–Crippen MR) is 77.1 cm³/mol. The molecule has 21 heavy (non-hydrogen) atoms. The van der Waals surface area contributed by atoms with E-state index in [2.05, 4.69) is 0 Å². The number of hydrogen-bond acceptors (Lipinski definition) is 3. The molecule has 1 atom stereocenters. The van der Waals surface area contributed by atoms with Crippen LogP contribution in [0, 0.1) is 5.92 Å². The summed E-state index contributed by atoms with van der Waals surface area (Å²) in [6, 6.07) is 0. The molecule has 0 saturated heterocycles. The Labute approximate surface area is 128 Å². The Balaban J connectivity index is 4.28. The molecule has 0 amide bonds. The van der Waals surface area contributed by atoms with Gasteiger partial charge in [-0.2, -0.15) is 0 Å². The lowest BCUT2D eigenvalue weighted by atomic mass is 10.1. The van der Waals surface area contributed by atoms with Gasteiger partial charge in [-0.1, -0.05) is 13.8 Å². The van der Waals surface area contributed by atoms with E-state index in [4.69, 9.17) is 4.74 Å². The Morgan fingerprint density at radius 1 is 1.19 bits per heavy atom. The zero-order valence-electron chi connectivity index (χ0n) is 12.9. The van der Waals surface area contributed by atoms with Crippen LogP contribution in [0.3, 0.4) is 0 Å². The molecule has 0 N–H and O–H groups in total. The van der Waals surface area contributed by atoms with Crippen molar-refractivity contribution in [1.82, 2.24) is 0 Å². The zero-order valence-corrected chi connectivity index (χ0v) is 13.7. The number of halogens is 4. The van der Waals surface area contributed by atoms with Crippen molar-refractivity contribution < 1.29 is 27.1 Å². The summed E-state index contributed by atoms with van der Waals surface area (Å²) >= 11 is 1.20. The molecule has 0 fully saturated rings. The van der Waals surface area contributed by atoms with Crippen molar-refractivity contribution in [3.8, 4) is 0 Å². The van der Waals surface area contributed by atoms with Gasteiger partial charge in [0.1, 0.15) is 5.25 Å². The van der Waals surface area contributed by atoms with Crippen LogP contribution in [0.5, 0.6) is 0 Å². The molecule has 0 heterocycles. The van der Waals surface area contributed by atoms with E-state index in [1.807, 2.05) is 13.8 Å². The summed E-state index contributed by atoms with van der Waals surface area (Å²) in [6.07, 6.45) is -4.24. The van der Waals surface area contributed by atoms with Crippen molar-refractivity contribution in [2.75, 3.05) is 5.75 Å². The van der Waals surface area contributed by atoms with Gasteiger partial charge in [0.05, 0.1) is 6.10 Å². The Morgan fingerprint density at radius 2 is 1.76 bits per heavy atom. The van der Waals surface area contributed by atoms with E-state index in [1.165, 1.54) is 11.8 Å². The summed E-state index contributed by atoms with van der Waals surface area (Å²) in [5.74, 6) is -3.84. The minimum atomic E-state index is -3.95. The molecule has 0 saturated carbocycles. The maximum absolute atomic E-state index is 12.8. The standard InChI is InChI=1S/C14H24F4O2S/c1-9(2)8-11(12(19)20-10(3)4)21-7-5-6-14(17,18)13(15)16/h9-11,13H,5-8H2,1-4H3. The lowest BCUT2D eigenvalue weighted by Crippen LogP contribution is -2.27. The van der Waals surface area contributed by atoms with Crippen molar-refractivity contribution >= 4 is 17.7 Å². The maximum atomic E-state index is 12.8. The molecule has 0 aromatic rings. The van der Waals surface area contributed by atoms with Crippen molar-refractivity contribution in [2.45, 2.75) is 70.7 Å². The highest BCUT2D eigenvalue weighted by atomic mass is 32.2. The third-order valence-electron chi connectivity index (χ3n) is 2.59. The second-order valence-electron chi connectivity index (χ2n) is 5.64. The molecule has 0 radical (unpaired) electrons. The van der Waals surface area contributed by atoms with Crippen LogP contribution < -0.4 is 0 Å². The van der Waals surface area contributed by atoms with E-state index in [9.17, 15) is 22.4 Å². The van der Waals surface area contributed by atoms with Crippen LogP contribution >= 0.6 is 11.8 Å². The molecular weight excluding hydrogens is 308 g/mol. The molecule has 0 aliphatic rings. The molecule has 0 spiro atoms. The fraction of sp³-hybridized carbons (Fsp3) is 0.929. The zero-order chi connectivity index (χ0) is 16.6. The number of hydrogen-bond donors (Lipinski definition) is 0. The van der Waals surface area contributed by atoms with E-state index < -0.39 is 24.0 Å². The monoisotopic (exact) mass is 332 g/mol. The number of ether oxygens (including phenoxy) is 1. The first-order valence-electron chi connectivity index (χ1n) is 7.04. The molecule has 0 aromatic carbocycles. The third-order valence-corrected chi connectivity index (χ3v) is 3.90. The van der Waals surface area contributed by atoms with E-state index >= 15 is 0 Å². The lowest BCUT2D eigenvalue weighted by Gasteiger charge is -2.20. The minimum Gasteiger partial charge on any atom is -0.462 e. The molecule has 0 aliphatic carbocycles. The highest BCUT2D eigenvalue weighted by Gasteiger charge is 2.39. The van der Waals surface area contributed by atoms with Crippen LogP contribution in [0.2, 0.25) is 0 Å². The van der Waals surface area contributed by atoms with Crippen LogP contribution in [0.15, 0.2) is 0 Å². The first-order valence-corrected chi connectivity index (χ1v) is 8.09. The summed E-state index contributed by atoms with van der Waals surface area (Å²) in [5.41, 5.74) is 0. The Kier molecular flexibility index (Phi) is 9.33. The Bertz CT molecular complexity index is 309. The van der Waals surface area contributed by atoms with Crippen molar-refractivity contribution in [1.29, 1.82) is 0 Å². The first-order chi connectivity index (χ1) is 9.56. The number of thioether (sulfide) groups is 1. The molecule has 0 aliphatic heterocycles. The average Bonchev–Trinajstić information content (AvgIpc) is 2.31. The molecule has 2 nitrogen and oxygen atoms in total. The normalized spacial score (nSPS) is 14.0. The van der Waals surface area contributed by atoms with Crippen LogP contribution in [0.25, 0.3) is 0 Å². The molecule has 0 bridgehead atoms. The number of alkyl halides is 4. The van der Waals surface area contributed by atoms with Crippen LogP contribution in [0.1, 0.15) is 47.0 Å². The van der Waals surface area contributed by atoms with Gasteiger partial charge in [0.2, 0.25) is 0 Å². The summed E-state index contributed by atoms with van der Waals surface area (Å²) in [5, 5.41) is -0.437. The first kappa shape index (κ1) is 20.5. The Morgan fingerprint density at radius 3 is 2.19 bits per heavy atom. The van der Waals surface area contributed by atoms with Gasteiger partial charge in [0, 0.05) is 6.42 Å². The smallest absolute Gasteiger partial charge is 0.319 e. The fourth-order valence-electron chi connectivity index (χ4n) is 1.61. The van der Waals surface area contributed by atoms with Gasteiger partial charge in [-0.05, 0) is 38.4 Å². The maximum Gasteiger partial charge on any atom is 0.319 e. The quantitative estimate of drug-likeness (QED) is 0.327. The van der Waals surface area contributed by atoms with Gasteiger partial charge in [0.25, 0.3) is 0 Å². The van der Waals surface area contributed by atoms with E-state index in [0.717, 1.165) is 0 Å². The minimum absolute atomic E-state index is 0.0639. The number of carbonyl (C=O) groups is 1. The molecule has 0 rings (SSSR count). The van der Waals surface area contributed by atoms with Gasteiger partial charge in [0.15, 0.2) is 0 Å². The number of rotatable bonds is 10. The molecule has 0 aromatic heterocycles. The van der Waals surface area contributed by atoms with E-state index in [-0.39, 0.29) is 30.2 Å². The summed E-state index contributed by atoms with van der Waals surface area (Å²) in [7, 11) is 0. The summed E-state index contributed by atoms with van der Waals surface area (Å²) in [6.45, 7) is 7.36. The van der Waals surface area contributed by atoms with Crippen molar-refractivity contribution in [3.05, 3.63) is 0 Å². The van der Waals surface area contributed by atoms with Gasteiger partial charge in [-0.25, -0.2) is 17.6 Å². The third kappa shape index (κ3) is 9.22. The largest absolute Gasteiger partial charge is 0.462 e. The number of esters is 1. The SMILES string of the molecule is CC(C)CC(SCCCC(F)(F)C(F)F)C(=O)OC(C)C. The van der Waals surface area contributed by atoms with Crippen LogP contribution in [-0.2, 0) is 9.53 Å². The van der Waals surface area contributed by atoms with Gasteiger partial charge >= 0.3 is 18.3 Å². The number of carbonyl (C=O) groups excluding carboxylic acids is 1. The van der Waals surface area contributed by atoms with E-state index in [1.54, 1.807) is 13.8 Å². The van der Waals surface area contributed by atoms with Gasteiger partial charge in [-0.15, -0.1) is 11.8 Å². The second-order valence-corrected chi connectivity index (χ2v) is 6.95. The van der Waals surface area contributed by atoms with Crippen LogP contribution in [-0.4, -0.2) is 35.4 Å². The fourth-order valence-corrected chi connectivity index (χ4v) is 2.92. The lowest BCUT2D eigenvalue weighted by molar-refractivity contribution is -0.147. The highest BCUT2D eigenvalue weighted by molar-refractivity contribution is 8.00. The van der Waals surface area contributed by atoms with Gasteiger partial charge < -0.3 is 4.74 Å². The second kappa shape index (κ2) is 9.54. The predicted octanol–water partition coefficient (Wildman–Crippen LogP) is 4.77. The average molecular weight is 332 g/mol. The topological polar surface area (TPSA) is 26.3 Å². The Hall–Kier alpha value is -0.460. The molecule has 126 valence electrons.